The van der Waals surface area contributed by atoms with Gasteiger partial charge in [-0.2, -0.15) is 0 Å². The summed E-state index contributed by atoms with van der Waals surface area (Å²) >= 11 is 1.84. The summed E-state index contributed by atoms with van der Waals surface area (Å²) in [4.78, 5) is 2.36. The van der Waals surface area contributed by atoms with Crippen LogP contribution in [-0.2, 0) is 0 Å². The number of hydrogen-bond acceptors (Lipinski definition) is 3. The molecule has 2 nitrogen and oxygen atoms in total. The van der Waals surface area contributed by atoms with Crippen molar-refractivity contribution in [1.29, 1.82) is 0 Å². The Bertz CT molecular complexity index is 3170. The minimum absolute atomic E-state index is 0.921. The average Bonchev–Trinajstić information content (AvgIpc) is 3.80. The van der Waals surface area contributed by atoms with Gasteiger partial charge in [0.1, 0.15) is 11.2 Å². The van der Waals surface area contributed by atoms with Gasteiger partial charge >= 0.3 is 0 Å². The van der Waals surface area contributed by atoms with Gasteiger partial charge in [-0.25, -0.2) is 0 Å². The molecule has 0 saturated carbocycles. The molecule has 53 heavy (non-hydrogen) atoms. The molecule has 0 spiro atoms. The lowest BCUT2D eigenvalue weighted by Crippen LogP contribution is -2.09. The van der Waals surface area contributed by atoms with E-state index in [-0.39, 0.29) is 0 Å². The molecule has 11 aromatic rings. The van der Waals surface area contributed by atoms with E-state index >= 15 is 0 Å². The van der Waals surface area contributed by atoms with E-state index in [2.05, 4.69) is 187 Å². The fourth-order valence-electron chi connectivity index (χ4n) is 8.00. The quantitative estimate of drug-likeness (QED) is 0.178. The molecule has 0 fully saturated rings. The van der Waals surface area contributed by atoms with Crippen LogP contribution < -0.4 is 4.90 Å². The zero-order valence-corrected chi connectivity index (χ0v) is 29.5. The van der Waals surface area contributed by atoms with Crippen molar-refractivity contribution in [2.45, 2.75) is 0 Å². The third-order valence-corrected chi connectivity index (χ3v) is 11.8. The Kier molecular flexibility index (Phi) is 6.76. The predicted molar refractivity (Wildman–Crippen MR) is 227 cm³/mol. The fourth-order valence-corrected chi connectivity index (χ4v) is 9.24. The lowest BCUT2D eigenvalue weighted by atomic mass is 9.98. The highest BCUT2D eigenvalue weighted by atomic mass is 32.1. The van der Waals surface area contributed by atoms with Crippen molar-refractivity contribution in [2.75, 3.05) is 4.90 Å². The lowest BCUT2D eigenvalue weighted by molar-refractivity contribution is 0.673. The maximum Gasteiger partial charge on any atom is 0.144 e. The van der Waals surface area contributed by atoms with E-state index in [9.17, 15) is 0 Å². The van der Waals surface area contributed by atoms with Gasteiger partial charge in [0, 0.05) is 53.6 Å². The molecule has 0 amide bonds. The van der Waals surface area contributed by atoms with E-state index in [1.54, 1.807) is 0 Å². The van der Waals surface area contributed by atoms with Crippen LogP contribution in [0.3, 0.4) is 0 Å². The van der Waals surface area contributed by atoms with E-state index < -0.39 is 0 Å². The molecule has 2 heterocycles. The van der Waals surface area contributed by atoms with Gasteiger partial charge in [0.25, 0.3) is 0 Å². The average molecular weight is 694 g/mol. The van der Waals surface area contributed by atoms with Gasteiger partial charge in [0.2, 0.25) is 0 Å². The van der Waals surface area contributed by atoms with E-state index in [0.29, 0.717) is 0 Å². The van der Waals surface area contributed by atoms with Gasteiger partial charge in [-0.05, 0) is 98.9 Å². The number of thiophene rings is 1. The van der Waals surface area contributed by atoms with Crippen LogP contribution in [0.15, 0.2) is 192 Å². The molecule has 0 atom stereocenters. The van der Waals surface area contributed by atoms with Crippen LogP contribution in [0, 0.1) is 0 Å². The number of furan rings is 1. The van der Waals surface area contributed by atoms with Gasteiger partial charge in [-0.15, -0.1) is 11.3 Å². The minimum Gasteiger partial charge on any atom is -0.455 e. The van der Waals surface area contributed by atoms with Crippen molar-refractivity contribution < 1.29 is 4.42 Å². The maximum absolute atomic E-state index is 6.56. The van der Waals surface area contributed by atoms with Crippen LogP contribution in [-0.4, -0.2) is 0 Å². The van der Waals surface area contributed by atoms with Gasteiger partial charge in [0.15, 0.2) is 0 Å². The van der Waals surface area contributed by atoms with Crippen molar-refractivity contribution in [2.24, 2.45) is 0 Å². The van der Waals surface area contributed by atoms with Crippen molar-refractivity contribution in [3.63, 3.8) is 0 Å². The van der Waals surface area contributed by atoms with Crippen molar-refractivity contribution in [3.05, 3.63) is 188 Å². The van der Waals surface area contributed by atoms with Crippen molar-refractivity contribution in [3.8, 4) is 22.3 Å². The Balaban J connectivity index is 1.05. The summed E-state index contributed by atoms with van der Waals surface area (Å²) < 4.78 is 9.08. The molecule has 0 aliphatic rings. The number of nitrogens with zero attached hydrogens (tertiary/aromatic N) is 1. The molecule has 9 aromatic carbocycles. The van der Waals surface area contributed by atoms with Crippen LogP contribution in [0.4, 0.5) is 17.1 Å². The predicted octanol–water partition coefficient (Wildman–Crippen LogP) is 15.1. The number of benzene rings is 9. The largest absolute Gasteiger partial charge is 0.455 e. The van der Waals surface area contributed by atoms with Crippen LogP contribution in [0.5, 0.6) is 0 Å². The standard InChI is InChI=1S/C50H31NOS/c1-3-11-36-29-38(18-17-32(36)9-1)34-19-24-39(25-20-34)51(41-28-21-33-10-2-4-12-37(33)30-41)40-26-22-35(23-27-40)44-31-45-42-13-5-7-15-46(42)52-49(45)48-43-14-6-8-16-47(43)53-50(44)48/h1-31H. The SMILES string of the molecule is c1ccc2cc(-c3ccc(N(c4ccc(-c5cc6c7ccccc7oc6c6c5sc5ccccc56)cc4)c4ccc5ccccc5c4)cc3)ccc2c1. The molecular formula is C50H31NOS. The highest BCUT2D eigenvalue weighted by Crippen LogP contribution is 2.47. The summed E-state index contributed by atoms with van der Waals surface area (Å²) in [6.07, 6.45) is 0. The molecule has 0 aliphatic carbocycles. The summed E-state index contributed by atoms with van der Waals surface area (Å²) in [5, 5.41) is 9.68. The smallest absolute Gasteiger partial charge is 0.144 e. The second-order valence-electron chi connectivity index (χ2n) is 13.7. The maximum atomic E-state index is 6.56. The highest BCUT2D eigenvalue weighted by molar-refractivity contribution is 7.26. The Labute approximate surface area is 310 Å². The molecule has 11 rings (SSSR count). The number of anilines is 3. The Morgan fingerprint density at radius 2 is 0.962 bits per heavy atom. The van der Waals surface area contributed by atoms with E-state index in [0.717, 1.165) is 39.0 Å². The van der Waals surface area contributed by atoms with Crippen molar-refractivity contribution >= 4 is 92.1 Å². The summed E-state index contributed by atoms with van der Waals surface area (Å²) in [5.41, 5.74) is 10.0. The molecule has 248 valence electrons. The Morgan fingerprint density at radius 3 is 1.72 bits per heavy atom. The van der Waals surface area contributed by atoms with Crippen LogP contribution in [0.1, 0.15) is 0 Å². The van der Waals surface area contributed by atoms with Gasteiger partial charge in [-0.1, -0.05) is 127 Å². The van der Waals surface area contributed by atoms with Gasteiger partial charge < -0.3 is 9.32 Å². The fraction of sp³-hybridized carbons (Fsp3) is 0. The molecule has 0 saturated heterocycles. The van der Waals surface area contributed by atoms with E-state index in [1.165, 1.54) is 64.0 Å². The molecule has 2 aromatic heterocycles. The third-order valence-electron chi connectivity index (χ3n) is 10.6. The minimum atomic E-state index is 0.921. The second kappa shape index (κ2) is 11.9. The second-order valence-corrected chi connectivity index (χ2v) is 14.8. The summed E-state index contributed by atoms with van der Waals surface area (Å²) in [5.74, 6) is 0. The molecule has 0 unspecified atom stereocenters. The van der Waals surface area contributed by atoms with Gasteiger partial charge in [-0.3, -0.25) is 0 Å². The van der Waals surface area contributed by atoms with Crippen molar-refractivity contribution in [1.82, 2.24) is 0 Å². The number of hydrogen-bond donors (Lipinski definition) is 0. The number of para-hydroxylation sites is 1. The molecule has 0 radical (unpaired) electrons. The number of fused-ring (bicyclic) bond motifs is 9. The lowest BCUT2D eigenvalue weighted by Gasteiger charge is -2.26. The van der Waals surface area contributed by atoms with E-state index in [4.69, 9.17) is 4.42 Å². The van der Waals surface area contributed by atoms with E-state index in [1.807, 2.05) is 17.4 Å². The molecule has 0 aliphatic heterocycles. The molecule has 0 N–H and O–H groups in total. The zero-order valence-electron chi connectivity index (χ0n) is 28.7. The first-order valence-electron chi connectivity index (χ1n) is 18.0. The Hall–Kier alpha value is -6.68. The van der Waals surface area contributed by atoms with Gasteiger partial charge in [0.05, 0.1) is 0 Å². The normalized spacial score (nSPS) is 11.8. The van der Waals surface area contributed by atoms with Crippen LogP contribution in [0.2, 0.25) is 0 Å². The topological polar surface area (TPSA) is 16.4 Å². The zero-order chi connectivity index (χ0) is 34.9. The molecule has 0 bridgehead atoms. The Morgan fingerprint density at radius 1 is 0.396 bits per heavy atom. The number of rotatable bonds is 5. The third kappa shape index (κ3) is 4.93. The summed E-state index contributed by atoms with van der Waals surface area (Å²) in [6.45, 7) is 0. The molecular weight excluding hydrogens is 663 g/mol. The first-order chi connectivity index (χ1) is 26.2. The summed E-state index contributed by atoms with van der Waals surface area (Å²) in [6, 6.07) is 68.0. The first-order valence-corrected chi connectivity index (χ1v) is 18.8. The van der Waals surface area contributed by atoms with Crippen LogP contribution in [0.25, 0.3) is 85.9 Å². The highest BCUT2D eigenvalue weighted by Gasteiger charge is 2.20. The first kappa shape index (κ1) is 30.0. The summed E-state index contributed by atoms with van der Waals surface area (Å²) in [7, 11) is 0. The molecule has 3 heteroatoms. The monoisotopic (exact) mass is 693 g/mol. The van der Waals surface area contributed by atoms with Crippen LogP contribution >= 0.6 is 11.3 Å².